The number of carbonyl (C=O) groups excluding carboxylic acids is 2. The molecule has 0 spiro atoms. The van der Waals surface area contributed by atoms with E-state index in [0.29, 0.717) is 28.3 Å². The van der Waals surface area contributed by atoms with Crippen LogP contribution in [0.3, 0.4) is 0 Å². The molecule has 0 aliphatic carbocycles. The molecule has 1 aromatic carbocycles. The number of hydrogen-bond acceptors (Lipinski definition) is 5. The molecule has 0 atom stereocenters. The van der Waals surface area contributed by atoms with Crippen LogP contribution in [-0.4, -0.2) is 33.5 Å². The number of nitrogens with one attached hydrogen (secondary N) is 2. The van der Waals surface area contributed by atoms with Gasteiger partial charge in [0, 0.05) is 18.8 Å². The molecule has 0 aliphatic rings. The minimum atomic E-state index is -0.316. The summed E-state index contributed by atoms with van der Waals surface area (Å²) < 4.78 is 6.90. The number of rotatable bonds is 4. The van der Waals surface area contributed by atoms with E-state index in [4.69, 9.17) is 4.74 Å². The second kappa shape index (κ2) is 6.37. The third kappa shape index (κ3) is 3.17. The number of anilines is 2. The normalized spacial score (nSPS) is 10.4. The Morgan fingerprint density at radius 1 is 1.17 bits per heavy atom. The zero-order valence-electron chi connectivity index (χ0n) is 13.1. The molecule has 8 nitrogen and oxygen atoms in total. The van der Waals surface area contributed by atoms with E-state index in [1.807, 2.05) is 0 Å². The lowest BCUT2D eigenvalue weighted by molar-refractivity contribution is -0.114. The Labute approximate surface area is 137 Å². The number of hydrogen-bond donors (Lipinski definition) is 2. The quantitative estimate of drug-likeness (QED) is 0.764. The SMILES string of the molecule is COc1ccc(NC(C)=O)cc1NC(=O)c1ccc2nncn2c1. The Kier molecular flexibility index (Phi) is 4.11. The number of aromatic nitrogens is 3. The zero-order valence-corrected chi connectivity index (χ0v) is 13.1. The van der Waals surface area contributed by atoms with Crippen molar-refractivity contribution in [2.24, 2.45) is 0 Å². The van der Waals surface area contributed by atoms with Gasteiger partial charge in [-0.05, 0) is 30.3 Å². The summed E-state index contributed by atoms with van der Waals surface area (Å²) in [5, 5.41) is 13.1. The van der Waals surface area contributed by atoms with E-state index in [1.54, 1.807) is 40.9 Å². The van der Waals surface area contributed by atoms with Crippen molar-refractivity contribution in [1.29, 1.82) is 0 Å². The van der Waals surface area contributed by atoms with Gasteiger partial charge in [-0.2, -0.15) is 0 Å². The predicted molar refractivity (Wildman–Crippen MR) is 88.2 cm³/mol. The molecule has 24 heavy (non-hydrogen) atoms. The molecule has 8 heteroatoms. The maximum Gasteiger partial charge on any atom is 0.257 e. The van der Waals surface area contributed by atoms with Crippen LogP contribution in [0.25, 0.3) is 5.65 Å². The summed E-state index contributed by atoms with van der Waals surface area (Å²) in [5.41, 5.74) is 2.11. The van der Waals surface area contributed by atoms with Crippen LogP contribution in [0.4, 0.5) is 11.4 Å². The van der Waals surface area contributed by atoms with Crippen LogP contribution in [0.2, 0.25) is 0 Å². The molecule has 0 bridgehead atoms. The van der Waals surface area contributed by atoms with Crippen LogP contribution in [0.1, 0.15) is 17.3 Å². The van der Waals surface area contributed by atoms with Crippen LogP contribution >= 0.6 is 0 Å². The molecule has 3 aromatic rings. The Hall–Kier alpha value is -3.42. The van der Waals surface area contributed by atoms with Crippen molar-refractivity contribution in [3.63, 3.8) is 0 Å². The van der Waals surface area contributed by atoms with E-state index in [1.165, 1.54) is 20.4 Å². The topological polar surface area (TPSA) is 97.6 Å². The molecule has 2 amide bonds. The predicted octanol–water partition coefficient (Wildman–Crippen LogP) is 1.95. The Morgan fingerprint density at radius 2 is 2.00 bits per heavy atom. The smallest absolute Gasteiger partial charge is 0.257 e. The molecule has 2 heterocycles. The highest BCUT2D eigenvalue weighted by Gasteiger charge is 2.12. The number of pyridine rings is 1. The number of carbonyl (C=O) groups is 2. The van der Waals surface area contributed by atoms with Gasteiger partial charge in [-0.1, -0.05) is 0 Å². The molecule has 0 saturated carbocycles. The lowest BCUT2D eigenvalue weighted by Crippen LogP contribution is -2.14. The minimum absolute atomic E-state index is 0.199. The van der Waals surface area contributed by atoms with E-state index in [0.717, 1.165) is 0 Å². The molecule has 0 saturated heterocycles. The summed E-state index contributed by atoms with van der Waals surface area (Å²) in [4.78, 5) is 23.7. The number of methoxy groups -OCH3 is 1. The number of fused-ring (bicyclic) bond motifs is 1. The second-order valence-corrected chi connectivity index (χ2v) is 5.06. The first-order valence-corrected chi connectivity index (χ1v) is 7.13. The summed E-state index contributed by atoms with van der Waals surface area (Å²) in [5.74, 6) is -0.0257. The Bertz CT molecular complexity index is 919. The van der Waals surface area contributed by atoms with Crippen LogP contribution < -0.4 is 15.4 Å². The third-order valence-electron chi connectivity index (χ3n) is 3.32. The van der Waals surface area contributed by atoms with Gasteiger partial charge in [0.2, 0.25) is 5.91 Å². The van der Waals surface area contributed by atoms with Gasteiger partial charge in [0.25, 0.3) is 5.91 Å². The average molecular weight is 325 g/mol. The first kappa shape index (κ1) is 15.5. The van der Waals surface area contributed by atoms with E-state index in [-0.39, 0.29) is 11.8 Å². The molecule has 0 aliphatic heterocycles. The Morgan fingerprint density at radius 3 is 2.75 bits per heavy atom. The van der Waals surface area contributed by atoms with Crippen molar-refractivity contribution in [1.82, 2.24) is 14.6 Å². The maximum absolute atomic E-state index is 12.5. The van der Waals surface area contributed by atoms with Gasteiger partial charge in [0.1, 0.15) is 12.1 Å². The van der Waals surface area contributed by atoms with Gasteiger partial charge >= 0.3 is 0 Å². The second-order valence-electron chi connectivity index (χ2n) is 5.06. The summed E-state index contributed by atoms with van der Waals surface area (Å²) >= 11 is 0. The molecule has 2 N–H and O–H groups in total. The first-order chi connectivity index (χ1) is 11.6. The zero-order chi connectivity index (χ0) is 17.1. The molecular formula is C16H15N5O3. The van der Waals surface area contributed by atoms with E-state index in [2.05, 4.69) is 20.8 Å². The van der Waals surface area contributed by atoms with Gasteiger partial charge in [0.05, 0.1) is 18.4 Å². The van der Waals surface area contributed by atoms with Gasteiger partial charge in [-0.15, -0.1) is 10.2 Å². The lowest BCUT2D eigenvalue weighted by Gasteiger charge is -2.12. The van der Waals surface area contributed by atoms with Gasteiger partial charge in [-0.3, -0.25) is 14.0 Å². The van der Waals surface area contributed by atoms with E-state index in [9.17, 15) is 9.59 Å². The summed E-state index contributed by atoms with van der Waals surface area (Å²) in [6.07, 6.45) is 3.15. The molecular weight excluding hydrogens is 310 g/mol. The van der Waals surface area contributed by atoms with Gasteiger partial charge in [0.15, 0.2) is 5.65 Å². The highest BCUT2D eigenvalue weighted by atomic mass is 16.5. The fourth-order valence-electron chi connectivity index (χ4n) is 2.24. The molecule has 0 fully saturated rings. The van der Waals surface area contributed by atoms with Crippen LogP contribution in [-0.2, 0) is 4.79 Å². The summed E-state index contributed by atoms with van der Waals surface area (Å²) in [6.45, 7) is 1.41. The van der Waals surface area contributed by atoms with E-state index >= 15 is 0 Å². The minimum Gasteiger partial charge on any atom is -0.495 e. The van der Waals surface area contributed by atoms with Crippen LogP contribution in [0.5, 0.6) is 5.75 Å². The largest absolute Gasteiger partial charge is 0.495 e. The first-order valence-electron chi connectivity index (χ1n) is 7.13. The average Bonchev–Trinajstić information content (AvgIpc) is 3.02. The number of benzene rings is 1. The Balaban J connectivity index is 1.87. The molecule has 3 rings (SSSR count). The molecule has 0 radical (unpaired) electrons. The highest BCUT2D eigenvalue weighted by molar-refractivity contribution is 6.05. The molecule has 2 aromatic heterocycles. The van der Waals surface area contributed by atoms with E-state index < -0.39 is 0 Å². The summed E-state index contributed by atoms with van der Waals surface area (Å²) in [6, 6.07) is 8.36. The number of nitrogens with zero attached hydrogens (tertiary/aromatic N) is 3. The fraction of sp³-hybridized carbons (Fsp3) is 0.125. The third-order valence-corrected chi connectivity index (χ3v) is 3.32. The van der Waals surface area contributed by atoms with Crippen LogP contribution in [0.15, 0.2) is 42.9 Å². The summed E-state index contributed by atoms with van der Waals surface area (Å²) in [7, 11) is 1.51. The maximum atomic E-state index is 12.5. The fourth-order valence-corrected chi connectivity index (χ4v) is 2.24. The lowest BCUT2D eigenvalue weighted by atomic mass is 10.2. The molecule has 0 unspecified atom stereocenters. The standard InChI is InChI=1S/C16H15N5O3/c1-10(22)18-12-4-5-14(24-2)13(7-12)19-16(23)11-3-6-15-20-17-9-21(15)8-11/h3-9H,1-2H3,(H,18,22)(H,19,23). The van der Waals surface area contributed by atoms with Crippen molar-refractivity contribution >= 4 is 28.8 Å². The number of amides is 2. The van der Waals surface area contributed by atoms with Crippen molar-refractivity contribution in [3.05, 3.63) is 48.4 Å². The van der Waals surface area contributed by atoms with Crippen LogP contribution in [0, 0.1) is 0 Å². The van der Waals surface area contributed by atoms with Crippen molar-refractivity contribution < 1.29 is 14.3 Å². The number of ether oxygens (including phenoxy) is 1. The van der Waals surface area contributed by atoms with Crippen molar-refractivity contribution in [3.8, 4) is 5.75 Å². The van der Waals surface area contributed by atoms with Crippen molar-refractivity contribution in [2.45, 2.75) is 6.92 Å². The monoisotopic (exact) mass is 325 g/mol. The van der Waals surface area contributed by atoms with Gasteiger partial charge in [-0.25, -0.2) is 0 Å². The van der Waals surface area contributed by atoms with Gasteiger partial charge < -0.3 is 15.4 Å². The van der Waals surface area contributed by atoms with Crippen molar-refractivity contribution in [2.75, 3.05) is 17.7 Å². The molecule has 122 valence electrons. The highest BCUT2D eigenvalue weighted by Crippen LogP contribution is 2.28.